The molecule has 3 rings (SSSR count). The summed E-state index contributed by atoms with van der Waals surface area (Å²) in [6, 6.07) is 12.1. The Labute approximate surface area is 156 Å². The second kappa shape index (κ2) is 8.45. The Bertz CT molecular complexity index is 731. The zero-order valence-corrected chi connectivity index (χ0v) is 15.8. The average Bonchev–Trinajstić information content (AvgIpc) is 3.03. The van der Waals surface area contributed by atoms with Crippen LogP contribution in [0.4, 0.5) is 0 Å². The minimum absolute atomic E-state index is 0.0113. The van der Waals surface area contributed by atoms with Gasteiger partial charge in [0.05, 0.1) is 6.21 Å². The second-order valence-electron chi connectivity index (χ2n) is 6.36. The van der Waals surface area contributed by atoms with Gasteiger partial charge in [-0.05, 0) is 62.7 Å². The van der Waals surface area contributed by atoms with Crippen LogP contribution >= 0.6 is 15.9 Å². The number of hydrogen-bond acceptors (Lipinski definition) is 4. The second-order valence-corrected chi connectivity index (χ2v) is 7.28. The third-order valence-electron chi connectivity index (χ3n) is 4.41. The van der Waals surface area contributed by atoms with Gasteiger partial charge in [0.25, 0.3) is 0 Å². The molecule has 0 aliphatic carbocycles. The molecular weight excluding hydrogens is 382 g/mol. The first kappa shape index (κ1) is 17.9. The maximum Gasteiger partial charge on any atom is 0.243 e. The Kier molecular flexibility index (Phi) is 6.04. The number of benzene rings is 1. The van der Waals surface area contributed by atoms with Crippen LogP contribution in [0.3, 0.4) is 0 Å². The number of carbonyl (C=O) groups excluding carboxylic acids is 1. The maximum atomic E-state index is 12.2. The van der Waals surface area contributed by atoms with Gasteiger partial charge in [-0.1, -0.05) is 28.1 Å². The molecule has 1 saturated heterocycles. The third kappa shape index (κ3) is 5.28. The molecule has 1 amide bonds. The van der Waals surface area contributed by atoms with Crippen molar-refractivity contribution in [1.29, 1.82) is 0 Å². The Hall–Kier alpha value is -1.92. The number of carbonyl (C=O) groups is 1. The van der Waals surface area contributed by atoms with Gasteiger partial charge in [0.1, 0.15) is 11.5 Å². The fraction of sp³-hybridized carbons (Fsp3) is 0.368. The number of halogens is 1. The zero-order valence-electron chi connectivity index (χ0n) is 14.2. The molecule has 0 atom stereocenters. The third-order valence-corrected chi connectivity index (χ3v) is 4.93. The number of amides is 1. The Morgan fingerprint density at radius 3 is 2.64 bits per heavy atom. The van der Waals surface area contributed by atoms with E-state index in [0.717, 1.165) is 42.7 Å². The molecule has 1 N–H and O–H groups in total. The maximum absolute atomic E-state index is 12.2. The predicted octanol–water partition coefficient (Wildman–Crippen LogP) is 3.71. The van der Waals surface area contributed by atoms with Crippen LogP contribution in [0.25, 0.3) is 0 Å². The van der Waals surface area contributed by atoms with Crippen molar-refractivity contribution in [3.63, 3.8) is 0 Å². The van der Waals surface area contributed by atoms with Crippen LogP contribution in [0.1, 0.15) is 29.9 Å². The highest BCUT2D eigenvalue weighted by molar-refractivity contribution is 9.10. The lowest BCUT2D eigenvalue weighted by molar-refractivity contribution is -0.126. The molecule has 132 valence electrons. The quantitative estimate of drug-likeness (QED) is 0.611. The number of furan rings is 1. The topological polar surface area (TPSA) is 57.8 Å². The van der Waals surface area contributed by atoms with Gasteiger partial charge >= 0.3 is 0 Å². The molecule has 0 bridgehead atoms. The molecule has 1 aromatic carbocycles. The van der Waals surface area contributed by atoms with E-state index in [1.165, 1.54) is 11.8 Å². The van der Waals surface area contributed by atoms with Crippen molar-refractivity contribution in [2.24, 2.45) is 11.0 Å². The van der Waals surface area contributed by atoms with Crippen LogP contribution in [0.15, 0.2) is 50.4 Å². The molecule has 25 heavy (non-hydrogen) atoms. The number of aryl methyl sites for hydroxylation is 1. The van der Waals surface area contributed by atoms with Crippen LogP contribution in [0.2, 0.25) is 0 Å². The first-order chi connectivity index (χ1) is 12.1. The summed E-state index contributed by atoms with van der Waals surface area (Å²) in [6.07, 6.45) is 3.25. The highest BCUT2D eigenvalue weighted by atomic mass is 79.9. The summed E-state index contributed by atoms with van der Waals surface area (Å²) in [7, 11) is 0. The number of nitrogens with zero attached hydrogens (tertiary/aromatic N) is 2. The smallest absolute Gasteiger partial charge is 0.243 e. The SMILES string of the molecule is Cc1ccc(/C=N/NC(=O)C2CCN(Cc3ccc(Br)cc3)CC2)o1. The number of hydrogen-bond donors (Lipinski definition) is 1. The molecule has 0 radical (unpaired) electrons. The molecular formula is C19H22BrN3O2. The summed E-state index contributed by atoms with van der Waals surface area (Å²) in [5.74, 6) is 1.48. The van der Waals surface area contributed by atoms with Crippen molar-refractivity contribution < 1.29 is 9.21 Å². The number of hydrazone groups is 1. The summed E-state index contributed by atoms with van der Waals surface area (Å²) >= 11 is 3.46. The van der Waals surface area contributed by atoms with Gasteiger partial charge in [0.2, 0.25) is 5.91 Å². The van der Waals surface area contributed by atoms with Gasteiger partial charge in [-0.2, -0.15) is 5.10 Å². The minimum atomic E-state index is -0.0113. The summed E-state index contributed by atoms with van der Waals surface area (Å²) in [4.78, 5) is 14.6. The Morgan fingerprint density at radius 1 is 1.28 bits per heavy atom. The standard InChI is InChI=1S/C19H22BrN3O2/c1-14-2-7-18(25-14)12-21-22-19(24)16-8-10-23(11-9-16)13-15-3-5-17(20)6-4-15/h2-7,12,16H,8-11,13H2,1H3,(H,22,24)/b21-12+. The van der Waals surface area contributed by atoms with E-state index < -0.39 is 0 Å². The Morgan fingerprint density at radius 2 is 2.00 bits per heavy atom. The highest BCUT2D eigenvalue weighted by Gasteiger charge is 2.24. The molecule has 0 unspecified atom stereocenters. The lowest BCUT2D eigenvalue weighted by atomic mass is 9.96. The molecule has 2 aromatic rings. The van der Waals surface area contributed by atoms with Crippen LogP contribution < -0.4 is 5.43 Å². The molecule has 0 saturated carbocycles. The summed E-state index contributed by atoms with van der Waals surface area (Å²) < 4.78 is 6.47. The summed E-state index contributed by atoms with van der Waals surface area (Å²) in [6.45, 7) is 4.65. The van der Waals surface area contributed by atoms with E-state index >= 15 is 0 Å². The van der Waals surface area contributed by atoms with Gasteiger partial charge in [0, 0.05) is 16.9 Å². The largest absolute Gasteiger partial charge is 0.460 e. The number of rotatable bonds is 5. The van der Waals surface area contributed by atoms with E-state index in [4.69, 9.17) is 4.42 Å². The van der Waals surface area contributed by atoms with Crippen molar-refractivity contribution in [2.45, 2.75) is 26.3 Å². The molecule has 1 fully saturated rings. The van der Waals surface area contributed by atoms with Gasteiger partial charge < -0.3 is 4.42 Å². The first-order valence-electron chi connectivity index (χ1n) is 8.46. The molecule has 0 spiro atoms. The zero-order chi connectivity index (χ0) is 17.6. The van der Waals surface area contributed by atoms with E-state index in [1.54, 1.807) is 0 Å². The lowest BCUT2D eigenvalue weighted by Gasteiger charge is -2.30. The van der Waals surface area contributed by atoms with Gasteiger partial charge in [-0.3, -0.25) is 9.69 Å². The summed E-state index contributed by atoms with van der Waals surface area (Å²) in [5, 5.41) is 3.99. The van der Waals surface area contributed by atoms with Crippen LogP contribution in [-0.2, 0) is 11.3 Å². The molecule has 5 nitrogen and oxygen atoms in total. The van der Waals surface area contributed by atoms with Crippen LogP contribution in [-0.4, -0.2) is 30.1 Å². The van der Waals surface area contributed by atoms with E-state index in [-0.39, 0.29) is 11.8 Å². The van der Waals surface area contributed by atoms with Crippen molar-refractivity contribution in [3.05, 3.63) is 58.0 Å². The lowest BCUT2D eigenvalue weighted by Crippen LogP contribution is -2.39. The van der Waals surface area contributed by atoms with Gasteiger partial charge in [-0.25, -0.2) is 5.43 Å². The van der Waals surface area contributed by atoms with Crippen molar-refractivity contribution in [2.75, 3.05) is 13.1 Å². The molecule has 1 aliphatic heterocycles. The summed E-state index contributed by atoms with van der Waals surface area (Å²) in [5.41, 5.74) is 3.92. The number of likely N-dealkylation sites (tertiary alicyclic amines) is 1. The Balaban J connectivity index is 1.42. The molecule has 1 aromatic heterocycles. The molecule has 2 heterocycles. The first-order valence-corrected chi connectivity index (χ1v) is 9.25. The molecule has 6 heteroatoms. The van der Waals surface area contributed by atoms with Crippen LogP contribution in [0, 0.1) is 12.8 Å². The van der Waals surface area contributed by atoms with Crippen molar-refractivity contribution in [3.8, 4) is 0 Å². The number of piperidine rings is 1. The average molecular weight is 404 g/mol. The van der Waals surface area contributed by atoms with E-state index in [2.05, 4.69) is 55.6 Å². The van der Waals surface area contributed by atoms with Crippen molar-refractivity contribution >= 4 is 28.1 Å². The predicted molar refractivity (Wildman–Crippen MR) is 101 cm³/mol. The fourth-order valence-corrected chi connectivity index (χ4v) is 3.24. The van der Waals surface area contributed by atoms with E-state index in [1.807, 2.05) is 19.1 Å². The van der Waals surface area contributed by atoms with Gasteiger partial charge in [0.15, 0.2) is 0 Å². The highest BCUT2D eigenvalue weighted by Crippen LogP contribution is 2.20. The van der Waals surface area contributed by atoms with Crippen LogP contribution in [0.5, 0.6) is 0 Å². The van der Waals surface area contributed by atoms with Gasteiger partial charge in [-0.15, -0.1) is 0 Å². The fourth-order valence-electron chi connectivity index (χ4n) is 2.97. The van der Waals surface area contributed by atoms with Crippen molar-refractivity contribution in [1.82, 2.24) is 10.3 Å². The van der Waals surface area contributed by atoms with E-state index in [0.29, 0.717) is 5.76 Å². The van der Waals surface area contributed by atoms with E-state index in [9.17, 15) is 4.79 Å². The number of nitrogens with one attached hydrogen (secondary N) is 1. The molecule has 1 aliphatic rings. The monoisotopic (exact) mass is 403 g/mol. The normalized spacial score (nSPS) is 16.4. The minimum Gasteiger partial charge on any atom is -0.460 e.